The van der Waals surface area contributed by atoms with Crippen LogP contribution in [0.15, 0.2) is 63.2 Å². The van der Waals surface area contributed by atoms with Gasteiger partial charge in [0.05, 0.1) is 10.3 Å². The second kappa shape index (κ2) is 10.1. The lowest BCUT2D eigenvalue weighted by atomic mass is 10.1. The van der Waals surface area contributed by atoms with Gasteiger partial charge in [-0.1, -0.05) is 24.6 Å². The fourth-order valence-corrected chi connectivity index (χ4v) is 4.84. The standard InChI is InChI=1S/C23H24N6O5S/c24-22(31)21-17-6-3-4-7-18(17)23(32)29(27-21)14-20(30)26-15-9-11-16(12-10-15)35(33,34)28-19-8-2-1-5-13-25-19/h3-4,6-7,9-12H,1-2,5,8,13-14H2,(H2,24,31)(H,25,28)(H,26,30). The second-order valence-electron chi connectivity index (χ2n) is 8.04. The number of fused-ring (bicyclic) bond motifs is 1. The maximum absolute atomic E-state index is 12.7. The molecule has 0 radical (unpaired) electrons. The number of amidine groups is 1. The van der Waals surface area contributed by atoms with Crippen molar-refractivity contribution in [2.75, 3.05) is 11.9 Å². The Morgan fingerprint density at radius 2 is 1.71 bits per heavy atom. The van der Waals surface area contributed by atoms with Gasteiger partial charge in [0.15, 0.2) is 5.69 Å². The topological polar surface area (TPSA) is 166 Å². The number of hydrogen-bond donors (Lipinski definition) is 3. The van der Waals surface area contributed by atoms with Gasteiger partial charge in [-0.2, -0.15) is 5.10 Å². The number of anilines is 1. The first kappa shape index (κ1) is 24.1. The second-order valence-corrected chi connectivity index (χ2v) is 9.72. The molecule has 0 unspecified atom stereocenters. The number of benzene rings is 2. The first-order valence-electron chi connectivity index (χ1n) is 11.0. The van der Waals surface area contributed by atoms with Crippen molar-refractivity contribution in [1.82, 2.24) is 14.5 Å². The third-order valence-electron chi connectivity index (χ3n) is 5.47. The Hall–Kier alpha value is -4.06. The quantitative estimate of drug-likeness (QED) is 0.466. The van der Waals surface area contributed by atoms with E-state index in [9.17, 15) is 22.8 Å². The van der Waals surface area contributed by atoms with Crippen molar-refractivity contribution < 1.29 is 18.0 Å². The van der Waals surface area contributed by atoms with E-state index < -0.39 is 33.9 Å². The van der Waals surface area contributed by atoms with E-state index in [0.717, 1.165) is 23.9 Å². The Labute approximate surface area is 201 Å². The molecule has 3 aromatic rings. The number of carbonyl (C=O) groups excluding carboxylic acids is 2. The number of nitrogens with one attached hydrogen (secondary N) is 2. The normalized spacial score (nSPS) is 14.1. The van der Waals surface area contributed by atoms with Crippen molar-refractivity contribution >= 4 is 44.1 Å². The summed E-state index contributed by atoms with van der Waals surface area (Å²) in [5.41, 5.74) is 5.05. The molecule has 12 heteroatoms. The first-order valence-corrected chi connectivity index (χ1v) is 12.5. The van der Waals surface area contributed by atoms with Gasteiger partial charge < -0.3 is 11.1 Å². The predicted molar refractivity (Wildman–Crippen MR) is 131 cm³/mol. The molecular formula is C23H24N6O5S. The Bertz CT molecular complexity index is 1480. The van der Waals surface area contributed by atoms with E-state index in [0.29, 0.717) is 29.9 Å². The largest absolute Gasteiger partial charge is 0.364 e. The van der Waals surface area contributed by atoms with E-state index >= 15 is 0 Å². The van der Waals surface area contributed by atoms with E-state index in [2.05, 4.69) is 20.1 Å². The molecule has 2 heterocycles. The van der Waals surface area contributed by atoms with E-state index in [1.807, 2.05) is 0 Å². The molecule has 4 rings (SSSR count). The van der Waals surface area contributed by atoms with Crippen LogP contribution in [-0.2, 0) is 21.4 Å². The van der Waals surface area contributed by atoms with Crippen molar-refractivity contribution in [3.05, 3.63) is 64.6 Å². The van der Waals surface area contributed by atoms with Crippen LogP contribution in [0.4, 0.5) is 5.69 Å². The fraction of sp³-hybridized carbons (Fsp3) is 0.261. The number of primary amides is 1. The van der Waals surface area contributed by atoms with Crippen LogP contribution in [0.25, 0.3) is 10.8 Å². The Kier molecular flexibility index (Phi) is 6.92. The monoisotopic (exact) mass is 496 g/mol. The minimum absolute atomic E-state index is 0.0287. The maximum atomic E-state index is 12.7. The predicted octanol–water partition coefficient (Wildman–Crippen LogP) is 1.38. The first-order chi connectivity index (χ1) is 16.7. The number of sulfonamides is 1. The van der Waals surface area contributed by atoms with Crippen LogP contribution in [-0.4, -0.2) is 42.4 Å². The van der Waals surface area contributed by atoms with E-state index in [-0.39, 0.29) is 16.0 Å². The number of amides is 2. The van der Waals surface area contributed by atoms with Crippen LogP contribution in [0.2, 0.25) is 0 Å². The summed E-state index contributed by atoms with van der Waals surface area (Å²) in [4.78, 5) is 41.4. The van der Waals surface area contributed by atoms with Crippen LogP contribution in [0.5, 0.6) is 0 Å². The zero-order valence-electron chi connectivity index (χ0n) is 18.7. The Balaban J connectivity index is 1.48. The molecule has 0 spiro atoms. The van der Waals surface area contributed by atoms with Gasteiger partial charge in [0.2, 0.25) is 5.91 Å². The van der Waals surface area contributed by atoms with E-state index in [4.69, 9.17) is 5.73 Å². The number of hydrogen-bond acceptors (Lipinski definition) is 7. The molecule has 0 atom stereocenters. The third-order valence-corrected chi connectivity index (χ3v) is 6.87. The summed E-state index contributed by atoms with van der Waals surface area (Å²) in [6.07, 6.45) is 3.40. The molecule has 0 fully saturated rings. The SMILES string of the molecule is NC(=O)c1nn(CC(=O)Nc2ccc(S(=O)(=O)NC3=NCCCCC3)cc2)c(=O)c2ccccc12. The van der Waals surface area contributed by atoms with Gasteiger partial charge in [0.1, 0.15) is 12.4 Å². The van der Waals surface area contributed by atoms with Crippen molar-refractivity contribution in [3.8, 4) is 0 Å². The van der Waals surface area contributed by atoms with Gasteiger partial charge >= 0.3 is 0 Å². The van der Waals surface area contributed by atoms with Crippen LogP contribution in [0.1, 0.15) is 36.2 Å². The highest BCUT2D eigenvalue weighted by atomic mass is 32.2. The molecule has 35 heavy (non-hydrogen) atoms. The van der Waals surface area contributed by atoms with Crippen LogP contribution < -0.4 is 21.3 Å². The minimum atomic E-state index is -3.80. The number of nitrogens with zero attached hydrogens (tertiary/aromatic N) is 3. The number of rotatable bonds is 6. The number of nitrogens with two attached hydrogens (primary N) is 1. The molecule has 2 aromatic carbocycles. The smallest absolute Gasteiger partial charge is 0.275 e. The molecule has 11 nitrogen and oxygen atoms in total. The average molecular weight is 497 g/mol. The molecule has 0 bridgehead atoms. The molecule has 1 aliphatic rings. The molecule has 1 aliphatic heterocycles. The molecule has 0 saturated heterocycles. The molecule has 0 saturated carbocycles. The summed E-state index contributed by atoms with van der Waals surface area (Å²) in [5.74, 6) is -0.967. The molecule has 182 valence electrons. The number of aromatic nitrogens is 2. The van der Waals surface area contributed by atoms with Crippen molar-refractivity contribution in [3.63, 3.8) is 0 Å². The van der Waals surface area contributed by atoms with Crippen LogP contribution in [0.3, 0.4) is 0 Å². The Morgan fingerprint density at radius 1 is 1.00 bits per heavy atom. The van der Waals surface area contributed by atoms with E-state index in [1.165, 1.54) is 30.3 Å². The van der Waals surface area contributed by atoms with Gasteiger partial charge in [0.25, 0.3) is 21.5 Å². The van der Waals surface area contributed by atoms with Gasteiger partial charge in [-0.05, 0) is 43.2 Å². The van der Waals surface area contributed by atoms with Crippen molar-refractivity contribution in [2.24, 2.45) is 10.7 Å². The fourth-order valence-electron chi connectivity index (χ4n) is 3.75. The lowest BCUT2D eigenvalue weighted by molar-refractivity contribution is -0.117. The maximum Gasteiger partial charge on any atom is 0.275 e. The molecule has 2 amide bonds. The Morgan fingerprint density at radius 3 is 2.43 bits per heavy atom. The van der Waals surface area contributed by atoms with Crippen molar-refractivity contribution in [1.29, 1.82) is 0 Å². The van der Waals surface area contributed by atoms with E-state index in [1.54, 1.807) is 18.2 Å². The summed E-state index contributed by atoms with van der Waals surface area (Å²) in [5, 5.41) is 7.07. The van der Waals surface area contributed by atoms with Gasteiger partial charge in [-0.3, -0.25) is 24.1 Å². The highest BCUT2D eigenvalue weighted by Gasteiger charge is 2.18. The molecule has 1 aromatic heterocycles. The lowest BCUT2D eigenvalue weighted by Crippen LogP contribution is -2.32. The zero-order chi connectivity index (χ0) is 25.0. The zero-order valence-corrected chi connectivity index (χ0v) is 19.5. The molecular weight excluding hydrogens is 472 g/mol. The average Bonchev–Trinajstić information content (AvgIpc) is 3.09. The highest BCUT2D eigenvalue weighted by Crippen LogP contribution is 2.16. The summed E-state index contributed by atoms with van der Waals surface area (Å²) in [6.45, 7) is 0.129. The lowest BCUT2D eigenvalue weighted by Gasteiger charge is -2.11. The van der Waals surface area contributed by atoms with Crippen molar-refractivity contribution in [2.45, 2.75) is 37.1 Å². The number of aliphatic imine (C=N–C) groups is 1. The molecule has 0 aliphatic carbocycles. The highest BCUT2D eigenvalue weighted by molar-refractivity contribution is 7.90. The summed E-state index contributed by atoms with van der Waals surface area (Å²) < 4.78 is 28.7. The van der Waals surface area contributed by atoms with Gasteiger partial charge in [-0.25, -0.2) is 13.1 Å². The minimum Gasteiger partial charge on any atom is -0.364 e. The molecule has 4 N–H and O–H groups in total. The van der Waals surface area contributed by atoms with Crippen LogP contribution in [0, 0.1) is 0 Å². The number of carbonyl (C=O) groups is 2. The summed E-state index contributed by atoms with van der Waals surface area (Å²) in [7, 11) is -3.80. The van der Waals surface area contributed by atoms with Crippen LogP contribution >= 0.6 is 0 Å². The summed E-state index contributed by atoms with van der Waals surface area (Å²) >= 11 is 0. The van der Waals surface area contributed by atoms with Gasteiger partial charge in [-0.15, -0.1) is 0 Å². The summed E-state index contributed by atoms with van der Waals surface area (Å²) in [6, 6.07) is 12.0. The third kappa shape index (κ3) is 5.54. The van der Waals surface area contributed by atoms with Gasteiger partial charge in [0, 0.05) is 24.0 Å².